The fourth-order valence-corrected chi connectivity index (χ4v) is 4.50. The Hall–Kier alpha value is -3.91. The van der Waals surface area contributed by atoms with Crippen molar-refractivity contribution in [3.8, 4) is 16.8 Å². The molecule has 0 aliphatic rings. The number of para-hydroxylation sites is 1. The molecule has 0 fully saturated rings. The number of hydrogen-bond donors (Lipinski definition) is 0. The van der Waals surface area contributed by atoms with Crippen molar-refractivity contribution in [2.75, 3.05) is 0 Å². The van der Waals surface area contributed by atoms with E-state index in [1.807, 2.05) is 0 Å². The monoisotopic (exact) mass is 415 g/mol. The van der Waals surface area contributed by atoms with Crippen LogP contribution >= 0.6 is 0 Å². The van der Waals surface area contributed by atoms with Gasteiger partial charge in [-0.1, -0.05) is 48.5 Å². The summed E-state index contributed by atoms with van der Waals surface area (Å²) in [5.74, 6) is 0. The number of pyridine rings is 1. The molecule has 0 aliphatic heterocycles. The molecule has 2 heterocycles. The van der Waals surface area contributed by atoms with E-state index in [9.17, 15) is 0 Å². The predicted molar refractivity (Wildman–Crippen MR) is 135 cm³/mol. The van der Waals surface area contributed by atoms with Crippen LogP contribution in [0.15, 0.2) is 97.1 Å². The van der Waals surface area contributed by atoms with Crippen LogP contribution in [0.1, 0.15) is 22.6 Å². The number of fused-ring (bicyclic) bond motifs is 1. The first-order valence-electron chi connectivity index (χ1n) is 11.0. The zero-order valence-corrected chi connectivity index (χ0v) is 18.8. The topological polar surface area (TPSA) is 8.81 Å². The van der Waals surface area contributed by atoms with Crippen molar-refractivity contribution in [1.82, 2.24) is 4.57 Å². The van der Waals surface area contributed by atoms with Gasteiger partial charge < -0.3 is 4.57 Å². The van der Waals surface area contributed by atoms with Crippen molar-refractivity contribution < 1.29 is 4.57 Å². The Balaban J connectivity index is 1.49. The zero-order valence-electron chi connectivity index (χ0n) is 18.8. The van der Waals surface area contributed by atoms with Crippen molar-refractivity contribution in [3.05, 3.63) is 120 Å². The summed E-state index contributed by atoms with van der Waals surface area (Å²) < 4.78 is 4.57. The zero-order chi connectivity index (χ0) is 22.1. The van der Waals surface area contributed by atoms with Gasteiger partial charge in [0.05, 0.1) is 0 Å². The van der Waals surface area contributed by atoms with Gasteiger partial charge in [-0.2, -0.15) is 4.57 Å². The average Bonchev–Trinajstić information content (AvgIpc) is 3.12. The van der Waals surface area contributed by atoms with Crippen LogP contribution in [-0.4, -0.2) is 4.57 Å². The maximum absolute atomic E-state index is 2.31. The Morgan fingerprint density at radius 2 is 1.41 bits per heavy atom. The summed E-state index contributed by atoms with van der Waals surface area (Å²) in [6.45, 7) is 4.35. The van der Waals surface area contributed by atoms with E-state index >= 15 is 0 Å². The molecule has 0 saturated carbocycles. The van der Waals surface area contributed by atoms with Crippen LogP contribution in [0, 0.1) is 13.8 Å². The molecule has 0 bridgehead atoms. The summed E-state index contributed by atoms with van der Waals surface area (Å²) >= 11 is 0. The summed E-state index contributed by atoms with van der Waals surface area (Å²) in [6, 6.07) is 34.4. The summed E-state index contributed by atoms with van der Waals surface area (Å²) in [7, 11) is 2.14. The lowest BCUT2D eigenvalue weighted by molar-refractivity contribution is -0.646. The van der Waals surface area contributed by atoms with Crippen LogP contribution in [-0.2, 0) is 7.05 Å². The van der Waals surface area contributed by atoms with Gasteiger partial charge in [-0.25, -0.2) is 0 Å². The maximum atomic E-state index is 2.31. The van der Waals surface area contributed by atoms with Crippen molar-refractivity contribution in [2.24, 2.45) is 7.05 Å². The highest BCUT2D eigenvalue weighted by molar-refractivity contribution is 5.83. The molecule has 156 valence electrons. The van der Waals surface area contributed by atoms with Crippen molar-refractivity contribution in [1.29, 1.82) is 0 Å². The third kappa shape index (κ3) is 3.65. The van der Waals surface area contributed by atoms with E-state index in [-0.39, 0.29) is 0 Å². The number of hydrogen-bond acceptors (Lipinski definition) is 0. The Bertz CT molecular complexity index is 1420. The van der Waals surface area contributed by atoms with E-state index in [4.69, 9.17) is 0 Å². The molecule has 0 saturated heterocycles. The number of benzene rings is 3. The highest BCUT2D eigenvalue weighted by Gasteiger charge is 2.12. The third-order valence-corrected chi connectivity index (χ3v) is 6.24. The first kappa shape index (κ1) is 20.0. The molecule has 2 nitrogen and oxygen atoms in total. The second-order valence-electron chi connectivity index (χ2n) is 8.29. The molecule has 0 N–H and O–H groups in total. The van der Waals surface area contributed by atoms with Crippen molar-refractivity contribution in [3.63, 3.8) is 0 Å². The maximum Gasteiger partial charge on any atom is 0.212 e. The molecular weight excluding hydrogens is 388 g/mol. The van der Waals surface area contributed by atoms with Crippen molar-refractivity contribution >= 4 is 23.1 Å². The molecule has 32 heavy (non-hydrogen) atoms. The smallest absolute Gasteiger partial charge is 0.212 e. The lowest BCUT2D eigenvalue weighted by Crippen LogP contribution is -2.32. The number of nitrogens with zero attached hydrogens (tertiary/aromatic N) is 2. The Morgan fingerprint density at radius 1 is 0.688 bits per heavy atom. The van der Waals surface area contributed by atoms with Gasteiger partial charge in [-0.05, 0) is 73.0 Å². The van der Waals surface area contributed by atoms with Gasteiger partial charge in [0, 0.05) is 40.7 Å². The van der Waals surface area contributed by atoms with Crippen LogP contribution < -0.4 is 4.57 Å². The van der Waals surface area contributed by atoms with Crippen LogP contribution in [0.5, 0.6) is 0 Å². The molecule has 2 heteroatoms. The Labute approximate surface area is 189 Å². The standard InChI is InChI=1S/C30H27N2/c1-22-20-25(23(2)32(22)29-12-8-5-9-13-29)14-17-28-18-15-27-21-26(16-19-30(27)31(28)3)24-10-6-4-7-11-24/h4-21H,1-3H3/q+1. The second-order valence-corrected chi connectivity index (χ2v) is 8.29. The van der Waals surface area contributed by atoms with Gasteiger partial charge in [0.15, 0.2) is 0 Å². The van der Waals surface area contributed by atoms with Gasteiger partial charge in [0.25, 0.3) is 0 Å². The predicted octanol–water partition coefficient (Wildman–Crippen LogP) is 6.91. The molecule has 0 aliphatic carbocycles. The van der Waals surface area contributed by atoms with Gasteiger partial charge in [0.2, 0.25) is 11.2 Å². The van der Waals surface area contributed by atoms with Crippen molar-refractivity contribution in [2.45, 2.75) is 13.8 Å². The molecule has 0 amide bonds. The minimum atomic E-state index is 1.18. The highest BCUT2D eigenvalue weighted by Crippen LogP contribution is 2.25. The Kier molecular flexibility index (Phi) is 5.20. The molecule has 5 aromatic rings. The molecule has 0 spiro atoms. The quantitative estimate of drug-likeness (QED) is 0.282. The van der Waals surface area contributed by atoms with Gasteiger partial charge in [-0.15, -0.1) is 0 Å². The van der Waals surface area contributed by atoms with Crippen LogP contribution in [0.3, 0.4) is 0 Å². The van der Waals surface area contributed by atoms with E-state index in [0.717, 1.165) is 0 Å². The van der Waals surface area contributed by atoms with Gasteiger partial charge in [-0.3, -0.25) is 0 Å². The normalized spacial score (nSPS) is 11.5. The molecule has 0 unspecified atom stereocenters. The van der Waals surface area contributed by atoms with Crippen LogP contribution in [0.4, 0.5) is 0 Å². The van der Waals surface area contributed by atoms with Crippen LogP contribution in [0.2, 0.25) is 0 Å². The average molecular weight is 416 g/mol. The number of aryl methyl sites for hydroxylation is 2. The van der Waals surface area contributed by atoms with Gasteiger partial charge in [0.1, 0.15) is 7.05 Å². The van der Waals surface area contributed by atoms with E-state index < -0.39 is 0 Å². The molecule has 2 aromatic heterocycles. The minimum absolute atomic E-state index is 1.18. The molecular formula is C30H27N2+. The van der Waals surface area contributed by atoms with Gasteiger partial charge >= 0.3 is 0 Å². The first-order chi connectivity index (χ1) is 15.6. The third-order valence-electron chi connectivity index (χ3n) is 6.24. The number of aromatic nitrogens is 2. The lowest BCUT2D eigenvalue weighted by atomic mass is 10.0. The molecule has 3 aromatic carbocycles. The number of rotatable bonds is 4. The summed E-state index contributed by atoms with van der Waals surface area (Å²) in [5.41, 5.74) is 9.82. The van der Waals surface area contributed by atoms with E-state index in [0.29, 0.717) is 0 Å². The summed E-state index contributed by atoms with van der Waals surface area (Å²) in [5, 5.41) is 1.24. The fourth-order valence-electron chi connectivity index (χ4n) is 4.50. The minimum Gasteiger partial charge on any atom is -0.318 e. The largest absolute Gasteiger partial charge is 0.318 e. The summed E-state index contributed by atoms with van der Waals surface area (Å²) in [6.07, 6.45) is 4.43. The van der Waals surface area contributed by atoms with E-state index in [1.54, 1.807) is 0 Å². The Morgan fingerprint density at radius 3 is 2.16 bits per heavy atom. The van der Waals surface area contributed by atoms with E-state index in [2.05, 4.69) is 139 Å². The molecule has 0 atom stereocenters. The fraction of sp³-hybridized carbons (Fsp3) is 0.100. The second kappa shape index (κ2) is 8.32. The highest BCUT2D eigenvalue weighted by atomic mass is 15.0. The first-order valence-corrected chi connectivity index (χ1v) is 11.0. The molecule has 5 rings (SSSR count). The lowest BCUT2D eigenvalue weighted by Gasteiger charge is -2.09. The van der Waals surface area contributed by atoms with E-state index in [1.165, 1.54) is 50.4 Å². The molecule has 0 radical (unpaired) electrons. The summed E-state index contributed by atoms with van der Waals surface area (Å²) in [4.78, 5) is 0. The van der Waals surface area contributed by atoms with Crippen LogP contribution in [0.25, 0.3) is 39.9 Å². The SMILES string of the molecule is Cc1cc(/C=C/c2ccc3cc(-c4ccccc4)ccc3[n+]2C)c(C)n1-c1ccccc1.